The molecule has 0 spiro atoms. The minimum Gasteiger partial charge on any atom is -0.486 e. The van der Waals surface area contributed by atoms with Crippen LogP contribution in [-0.4, -0.2) is 35.7 Å². The zero-order valence-electron chi connectivity index (χ0n) is 17.9. The van der Waals surface area contributed by atoms with Crippen LogP contribution >= 0.6 is 0 Å². The number of rotatable bonds is 8. The molecule has 3 aromatic rings. The van der Waals surface area contributed by atoms with Crippen LogP contribution in [0, 0.1) is 6.92 Å². The molecule has 1 unspecified atom stereocenters. The van der Waals surface area contributed by atoms with Gasteiger partial charge in [0.15, 0.2) is 11.5 Å². The van der Waals surface area contributed by atoms with Crippen molar-refractivity contribution in [3.8, 4) is 22.6 Å². The number of aryl methyl sites for hydroxylation is 1. The molecule has 0 fully saturated rings. The van der Waals surface area contributed by atoms with Gasteiger partial charge in [0.05, 0.1) is 5.69 Å². The van der Waals surface area contributed by atoms with E-state index in [4.69, 9.17) is 9.47 Å². The Morgan fingerprint density at radius 1 is 0.967 bits per heavy atom. The smallest absolute Gasteiger partial charge is 0.161 e. The largest absolute Gasteiger partial charge is 0.486 e. The van der Waals surface area contributed by atoms with Crippen LogP contribution < -0.4 is 9.47 Å². The molecule has 0 saturated heterocycles. The van der Waals surface area contributed by atoms with Gasteiger partial charge >= 0.3 is 0 Å². The maximum atomic E-state index is 6.13. The summed E-state index contributed by atoms with van der Waals surface area (Å²) in [5, 5.41) is 0. The molecule has 1 atom stereocenters. The molecular weight excluding hydrogens is 372 g/mol. The van der Waals surface area contributed by atoms with Crippen molar-refractivity contribution in [3.05, 3.63) is 78.1 Å². The van der Waals surface area contributed by atoms with E-state index in [1.54, 1.807) is 0 Å². The van der Waals surface area contributed by atoms with Crippen molar-refractivity contribution in [2.24, 2.45) is 0 Å². The van der Waals surface area contributed by atoms with Crippen molar-refractivity contribution in [2.45, 2.75) is 39.3 Å². The first-order valence-corrected chi connectivity index (χ1v) is 10.8. The number of hydrogen-bond acceptors (Lipinski definition) is 4. The first kappa shape index (κ1) is 20.4. The van der Waals surface area contributed by atoms with Crippen molar-refractivity contribution in [3.63, 3.8) is 0 Å². The van der Waals surface area contributed by atoms with Crippen LogP contribution in [0.3, 0.4) is 0 Å². The lowest BCUT2D eigenvalue weighted by Crippen LogP contribution is -2.34. The maximum absolute atomic E-state index is 6.13. The molecule has 0 radical (unpaired) electrons. The van der Waals surface area contributed by atoms with E-state index in [9.17, 15) is 0 Å². The number of benzene rings is 2. The van der Waals surface area contributed by atoms with E-state index >= 15 is 0 Å². The average molecular weight is 403 g/mol. The number of ether oxygens (including phenoxy) is 2. The van der Waals surface area contributed by atoms with Gasteiger partial charge in [-0.15, -0.1) is 0 Å². The summed E-state index contributed by atoms with van der Waals surface area (Å²) in [6.45, 7) is 7.79. The van der Waals surface area contributed by atoms with Crippen LogP contribution in [-0.2, 0) is 6.54 Å². The quantitative estimate of drug-likeness (QED) is 0.498. The molecule has 0 saturated carbocycles. The Hall–Kier alpha value is -2.85. The predicted octanol–water partition coefficient (Wildman–Crippen LogP) is 5.50. The van der Waals surface area contributed by atoms with E-state index < -0.39 is 0 Å². The lowest BCUT2D eigenvalue weighted by atomic mass is 10.0. The molecular formula is C26H30N2O2. The first-order chi connectivity index (χ1) is 14.7. The molecule has 2 heterocycles. The first-order valence-electron chi connectivity index (χ1n) is 10.8. The summed E-state index contributed by atoms with van der Waals surface area (Å²) in [7, 11) is 0. The van der Waals surface area contributed by atoms with E-state index in [1.165, 1.54) is 16.7 Å². The second kappa shape index (κ2) is 9.77. The summed E-state index contributed by atoms with van der Waals surface area (Å²) in [6.07, 6.45) is 4.06. The van der Waals surface area contributed by atoms with Crippen LogP contribution in [0.15, 0.2) is 66.9 Å². The van der Waals surface area contributed by atoms with Crippen molar-refractivity contribution in [1.82, 2.24) is 9.88 Å². The number of para-hydroxylation sites is 2. The fourth-order valence-electron chi connectivity index (χ4n) is 3.84. The molecule has 4 rings (SSSR count). The SMILES string of the molecule is CCCN(CCC1COc2ccccc2O1)Cc1cc(-c2ccc(C)cc2)ccn1. The van der Waals surface area contributed by atoms with Crippen molar-refractivity contribution in [1.29, 1.82) is 0 Å². The van der Waals surface area contributed by atoms with Gasteiger partial charge in [0.25, 0.3) is 0 Å². The molecule has 156 valence electrons. The summed E-state index contributed by atoms with van der Waals surface area (Å²) in [6, 6.07) is 20.9. The van der Waals surface area contributed by atoms with Gasteiger partial charge in [0.2, 0.25) is 0 Å². The zero-order chi connectivity index (χ0) is 20.8. The summed E-state index contributed by atoms with van der Waals surface area (Å²) in [5.41, 5.74) is 4.83. The Kier molecular flexibility index (Phi) is 6.65. The minimum absolute atomic E-state index is 0.0890. The normalized spacial score (nSPS) is 15.4. The van der Waals surface area contributed by atoms with Crippen LogP contribution in [0.25, 0.3) is 11.1 Å². The van der Waals surface area contributed by atoms with Crippen molar-refractivity contribution in [2.75, 3.05) is 19.7 Å². The van der Waals surface area contributed by atoms with Gasteiger partial charge in [-0.05, 0) is 55.3 Å². The third-order valence-electron chi connectivity index (χ3n) is 5.46. The number of aromatic nitrogens is 1. The van der Waals surface area contributed by atoms with E-state index in [1.807, 2.05) is 30.5 Å². The van der Waals surface area contributed by atoms with Gasteiger partial charge in [-0.2, -0.15) is 0 Å². The number of pyridine rings is 1. The molecule has 0 aliphatic carbocycles. The zero-order valence-corrected chi connectivity index (χ0v) is 17.9. The third-order valence-corrected chi connectivity index (χ3v) is 5.46. The monoisotopic (exact) mass is 402 g/mol. The van der Waals surface area contributed by atoms with E-state index in [0.29, 0.717) is 6.61 Å². The van der Waals surface area contributed by atoms with E-state index in [0.717, 1.165) is 49.7 Å². The summed E-state index contributed by atoms with van der Waals surface area (Å²) in [5.74, 6) is 1.69. The lowest BCUT2D eigenvalue weighted by molar-refractivity contribution is 0.0740. The topological polar surface area (TPSA) is 34.6 Å². The summed E-state index contributed by atoms with van der Waals surface area (Å²) >= 11 is 0. The molecule has 1 aliphatic rings. The molecule has 0 bridgehead atoms. The Labute approximate surface area is 179 Å². The van der Waals surface area contributed by atoms with Crippen LogP contribution in [0.4, 0.5) is 0 Å². The highest BCUT2D eigenvalue weighted by atomic mass is 16.6. The summed E-state index contributed by atoms with van der Waals surface area (Å²) < 4.78 is 12.0. The molecule has 1 aromatic heterocycles. The van der Waals surface area contributed by atoms with Gasteiger partial charge in [-0.3, -0.25) is 9.88 Å². The highest BCUT2D eigenvalue weighted by Gasteiger charge is 2.21. The molecule has 30 heavy (non-hydrogen) atoms. The Balaban J connectivity index is 1.38. The minimum atomic E-state index is 0.0890. The second-order valence-electron chi connectivity index (χ2n) is 7.96. The van der Waals surface area contributed by atoms with Crippen LogP contribution in [0.1, 0.15) is 31.0 Å². The number of fused-ring (bicyclic) bond motifs is 1. The predicted molar refractivity (Wildman–Crippen MR) is 121 cm³/mol. The molecule has 0 N–H and O–H groups in total. The van der Waals surface area contributed by atoms with Gasteiger partial charge in [-0.1, -0.05) is 48.9 Å². The van der Waals surface area contributed by atoms with Crippen LogP contribution in [0.2, 0.25) is 0 Å². The number of nitrogens with zero attached hydrogens (tertiary/aromatic N) is 2. The van der Waals surface area contributed by atoms with Gasteiger partial charge in [0, 0.05) is 25.7 Å². The van der Waals surface area contributed by atoms with Crippen LogP contribution in [0.5, 0.6) is 11.5 Å². The highest BCUT2D eigenvalue weighted by Crippen LogP contribution is 2.31. The second-order valence-corrected chi connectivity index (χ2v) is 7.96. The molecule has 4 nitrogen and oxygen atoms in total. The van der Waals surface area contributed by atoms with Crippen molar-refractivity contribution >= 4 is 0 Å². The maximum Gasteiger partial charge on any atom is 0.161 e. The lowest BCUT2D eigenvalue weighted by Gasteiger charge is -2.29. The van der Waals surface area contributed by atoms with E-state index in [-0.39, 0.29) is 6.10 Å². The highest BCUT2D eigenvalue weighted by molar-refractivity contribution is 5.63. The summed E-state index contributed by atoms with van der Waals surface area (Å²) in [4.78, 5) is 7.09. The third kappa shape index (κ3) is 5.19. The average Bonchev–Trinajstić information content (AvgIpc) is 2.78. The molecule has 1 aliphatic heterocycles. The Morgan fingerprint density at radius 3 is 2.57 bits per heavy atom. The van der Waals surface area contributed by atoms with E-state index in [2.05, 4.69) is 60.1 Å². The molecule has 0 amide bonds. The Morgan fingerprint density at radius 2 is 1.77 bits per heavy atom. The standard InChI is InChI=1S/C26H30N2O2/c1-3-15-28(16-13-24-19-29-25-6-4-5-7-26(25)30-24)18-23-17-22(12-14-27-23)21-10-8-20(2)9-11-21/h4-12,14,17,24H,3,13,15-16,18-19H2,1-2H3. The van der Waals surface area contributed by atoms with Gasteiger partial charge < -0.3 is 9.47 Å². The molecule has 2 aromatic carbocycles. The van der Waals surface area contributed by atoms with Crippen molar-refractivity contribution < 1.29 is 9.47 Å². The Bertz CT molecular complexity index is 955. The number of hydrogen-bond donors (Lipinski definition) is 0. The fraction of sp³-hybridized carbons (Fsp3) is 0.346. The van der Waals surface area contributed by atoms with Gasteiger partial charge in [-0.25, -0.2) is 0 Å². The fourth-order valence-corrected chi connectivity index (χ4v) is 3.84. The molecule has 4 heteroatoms. The van der Waals surface area contributed by atoms with Gasteiger partial charge in [0.1, 0.15) is 12.7 Å².